The number of hydrogen-bond acceptors (Lipinski definition) is 3. The molecule has 104 valence electrons. The number of nitrogens with zero attached hydrogens (tertiary/aromatic N) is 2. The van der Waals surface area contributed by atoms with E-state index < -0.39 is 16.1 Å². The van der Waals surface area contributed by atoms with Crippen molar-refractivity contribution in [3.63, 3.8) is 0 Å². The second-order valence-corrected chi connectivity index (χ2v) is 19.3. The van der Waals surface area contributed by atoms with Gasteiger partial charge in [-0.1, -0.05) is 39.3 Å². The van der Waals surface area contributed by atoms with E-state index in [0.29, 0.717) is 0 Å². The molecule has 0 aliphatic heterocycles. The lowest BCUT2D eigenvalue weighted by Crippen LogP contribution is -2.28. The number of aromatic nitrogens is 2. The Morgan fingerprint density at radius 3 is 1.47 bits per heavy atom. The van der Waals surface area contributed by atoms with Crippen LogP contribution in [0, 0.1) is 0 Å². The Morgan fingerprint density at radius 2 is 1.16 bits per heavy atom. The summed E-state index contributed by atoms with van der Waals surface area (Å²) in [7, 11) is -2.20. The Balaban J connectivity index is 2.47. The number of rotatable bonds is 4. The predicted octanol–water partition coefficient (Wildman–Crippen LogP) is 4.53. The summed E-state index contributed by atoms with van der Waals surface area (Å²) in [5.74, 6) is 0. The van der Waals surface area contributed by atoms with E-state index in [4.69, 9.17) is 0 Å². The van der Waals surface area contributed by atoms with E-state index in [1.807, 2.05) is 0 Å². The van der Waals surface area contributed by atoms with Gasteiger partial charge in [0, 0.05) is 16.1 Å². The molecule has 2 aromatic rings. The summed E-state index contributed by atoms with van der Waals surface area (Å²) in [6, 6.07) is 7.10. The van der Waals surface area contributed by atoms with Crippen LogP contribution < -0.4 is 0 Å². The number of benzene rings is 1. The molecule has 1 aromatic carbocycles. The molecule has 0 atom stereocenters. The lowest BCUT2D eigenvalue weighted by atomic mass is 10.1. The molecule has 0 unspecified atom stereocenters. The van der Waals surface area contributed by atoms with Gasteiger partial charge in [-0.15, -0.1) is 0 Å². The first-order valence-corrected chi connectivity index (χ1v) is 15.0. The summed E-state index contributed by atoms with van der Waals surface area (Å²) < 4.78 is 8.81. The van der Waals surface area contributed by atoms with Crippen molar-refractivity contribution in [2.75, 3.05) is 0 Å². The molecule has 0 bridgehead atoms. The maximum atomic E-state index is 4.40. The normalized spacial score (nSPS) is 13.2. The molecule has 2 nitrogen and oxygen atoms in total. The smallest absolute Gasteiger partial charge is 0.105 e. The van der Waals surface area contributed by atoms with E-state index in [0.717, 1.165) is 11.0 Å². The molecule has 0 amide bonds. The zero-order chi connectivity index (χ0) is 14.3. The monoisotopic (exact) mass is 308 g/mol. The maximum absolute atomic E-state index is 4.40. The fourth-order valence-electron chi connectivity index (χ4n) is 2.39. The second-order valence-electron chi connectivity index (χ2n) is 7.85. The van der Waals surface area contributed by atoms with Crippen molar-refractivity contribution in [2.24, 2.45) is 0 Å². The van der Waals surface area contributed by atoms with Crippen molar-refractivity contribution in [3.05, 3.63) is 23.3 Å². The fraction of sp³-hybridized carbons (Fsp3) is 0.571. The van der Waals surface area contributed by atoms with Crippen LogP contribution in [0.4, 0.5) is 0 Å². The zero-order valence-corrected chi connectivity index (χ0v) is 15.7. The summed E-state index contributed by atoms with van der Waals surface area (Å²) >= 11 is 1.33. The minimum Gasteiger partial charge on any atom is -0.173 e. The van der Waals surface area contributed by atoms with Gasteiger partial charge in [0.2, 0.25) is 0 Å². The number of fused-ring (bicyclic) bond motifs is 1. The Bertz CT molecular complexity index is 529. The molecule has 2 rings (SSSR count). The molecule has 5 heteroatoms. The van der Waals surface area contributed by atoms with E-state index in [2.05, 4.69) is 60.2 Å². The van der Waals surface area contributed by atoms with Gasteiger partial charge >= 0.3 is 0 Å². The van der Waals surface area contributed by atoms with Gasteiger partial charge in [-0.2, -0.15) is 8.75 Å². The minimum atomic E-state index is -1.10. The molecule has 19 heavy (non-hydrogen) atoms. The summed E-state index contributed by atoms with van der Waals surface area (Å²) in [5.41, 5.74) is 5.22. The van der Waals surface area contributed by atoms with Crippen molar-refractivity contribution >= 4 is 38.9 Å². The second kappa shape index (κ2) is 5.11. The van der Waals surface area contributed by atoms with Gasteiger partial charge in [-0.3, -0.25) is 0 Å². The summed E-state index contributed by atoms with van der Waals surface area (Å²) in [6.07, 6.45) is 0. The largest absolute Gasteiger partial charge is 0.173 e. The summed E-state index contributed by atoms with van der Waals surface area (Å²) in [6.45, 7) is 14.6. The van der Waals surface area contributed by atoms with E-state index in [9.17, 15) is 0 Å². The van der Waals surface area contributed by atoms with Crippen LogP contribution in [-0.4, -0.2) is 24.9 Å². The lowest BCUT2D eigenvalue weighted by molar-refractivity contribution is 1.20. The first-order valence-electron chi connectivity index (χ1n) is 6.88. The van der Waals surface area contributed by atoms with Crippen molar-refractivity contribution < 1.29 is 0 Å². The quantitative estimate of drug-likeness (QED) is 0.775. The SMILES string of the molecule is C[Si](C)(C)Cc1cc2nsnc2cc1C[Si](C)(C)C. The highest BCUT2D eigenvalue weighted by molar-refractivity contribution is 7.00. The van der Waals surface area contributed by atoms with Gasteiger partial charge in [0.25, 0.3) is 0 Å². The molecule has 0 aliphatic carbocycles. The average Bonchev–Trinajstić information content (AvgIpc) is 2.60. The van der Waals surface area contributed by atoms with E-state index in [-0.39, 0.29) is 0 Å². The molecule has 0 N–H and O–H groups in total. The first kappa shape index (κ1) is 14.9. The van der Waals surface area contributed by atoms with Crippen LogP contribution in [0.1, 0.15) is 11.1 Å². The van der Waals surface area contributed by atoms with Crippen LogP contribution in [-0.2, 0) is 12.1 Å². The van der Waals surface area contributed by atoms with E-state index >= 15 is 0 Å². The van der Waals surface area contributed by atoms with E-state index in [1.54, 1.807) is 0 Å². The van der Waals surface area contributed by atoms with Crippen LogP contribution in [0.25, 0.3) is 11.0 Å². The first-order chi connectivity index (χ1) is 8.64. The highest BCUT2D eigenvalue weighted by Gasteiger charge is 2.21. The van der Waals surface area contributed by atoms with Gasteiger partial charge in [0.05, 0.1) is 11.7 Å². The Labute approximate surface area is 122 Å². The zero-order valence-electron chi connectivity index (χ0n) is 12.9. The molecule has 0 aliphatic rings. The highest BCUT2D eigenvalue weighted by atomic mass is 32.1. The molecular weight excluding hydrogens is 284 g/mol. The third kappa shape index (κ3) is 4.22. The van der Waals surface area contributed by atoms with Gasteiger partial charge in [0.15, 0.2) is 0 Å². The van der Waals surface area contributed by atoms with E-state index in [1.165, 1.54) is 34.9 Å². The standard InChI is InChI=1S/C14H24N2SSi2/c1-18(2,3)9-11-7-13-14(16-17-15-13)8-12(11)10-19(4,5)6/h7-8H,9-10H2,1-6H3. The van der Waals surface area contributed by atoms with Gasteiger partial charge in [-0.05, 0) is 35.3 Å². The summed E-state index contributed by atoms with van der Waals surface area (Å²) in [4.78, 5) is 0. The molecule has 0 radical (unpaired) electrons. The molecule has 1 aromatic heterocycles. The third-order valence-electron chi connectivity index (χ3n) is 3.02. The molecule has 0 saturated heterocycles. The summed E-state index contributed by atoms with van der Waals surface area (Å²) in [5, 5.41) is 0. The maximum Gasteiger partial charge on any atom is 0.105 e. The van der Waals surface area contributed by atoms with Crippen molar-refractivity contribution in [3.8, 4) is 0 Å². The highest BCUT2D eigenvalue weighted by Crippen LogP contribution is 2.25. The molecular formula is C14H24N2SSi2. The molecule has 0 saturated carbocycles. The van der Waals surface area contributed by atoms with Gasteiger partial charge < -0.3 is 0 Å². The van der Waals surface area contributed by atoms with Gasteiger partial charge in [0.1, 0.15) is 11.0 Å². The van der Waals surface area contributed by atoms with Crippen LogP contribution in [0.15, 0.2) is 12.1 Å². The lowest BCUT2D eigenvalue weighted by Gasteiger charge is -2.22. The Hall–Kier alpha value is -0.526. The Morgan fingerprint density at radius 1 is 0.789 bits per heavy atom. The third-order valence-corrected chi connectivity index (χ3v) is 6.46. The van der Waals surface area contributed by atoms with Crippen LogP contribution in [0.2, 0.25) is 39.3 Å². The Kier molecular flexibility index (Phi) is 4.00. The molecule has 0 spiro atoms. The van der Waals surface area contributed by atoms with Crippen LogP contribution in [0.3, 0.4) is 0 Å². The number of hydrogen-bond donors (Lipinski definition) is 0. The van der Waals surface area contributed by atoms with Gasteiger partial charge in [-0.25, -0.2) is 0 Å². The fourth-order valence-corrected chi connectivity index (χ4v) is 5.84. The van der Waals surface area contributed by atoms with Crippen LogP contribution in [0.5, 0.6) is 0 Å². The average molecular weight is 309 g/mol. The van der Waals surface area contributed by atoms with Crippen molar-refractivity contribution in [1.82, 2.24) is 8.75 Å². The molecule has 1 heterocycles. The topological polar surface area (TPSA) is 25.8 Å². The minimum absolute atomic E-state index is 1.08. The van der Waals surface area contributed by atoms with Crippen molar-refractivity contribution in [2.45, 2.75) is 51.4 Å². The predicted molar refractivity (Wildman–Crippen MR) is 91.5 cm³/mol. The molecule has 0 fully saturated rings. The van der Waals surface area contributed by atoms with Crippen molar-refractivity contribution in [1.29, 1.82) is 0 Å². The van der Waals surface area contributed by atoms with Crippen LogP contribution >= 0.6 is 11.7 Å².